The van der Waals surface area contributed by atoms with Crippen molar-refractivity contribution in [2.24, 2.45) is 0 Å². The van der Waals surface area contributed by atoms with Crippen LogP contribution < -0.4 is 14.8 Å². The van der Waals surface area contributed by atoms with Crippen molar-refractivity contribution in [3.05, 3.63) is 51.5 Å². The molecule has 2 heterocycles. The van der Waals surface area contributed by atoms with Gasteiger partial charge in [0.25, 0.3) is 5.91 Å². The van der Waals surface area contributed by atoms with E-state index in [2.05, 4.69) is 26.0 Å². The molecule has 0 saturated carbocycles. The van der Waals surface area contributed by atoms with E-state index in [1.54, 1.807) is 19.1 Å². The summed E-state index contributed by atoms with van der Waals surface area (Å²) >= 11 is 3.34. The normalized spacial score (nSPS) is 15.3. The monoisotopic (exact) mass is 536 g/mol. The number of carbonyl (C=O) groups is 4. The average Bonchev–Trinajstić information content (AvgIpc) is 3.36. The molecule has 11 nitrogen and oxygen atoms in total. The second-order valence-corrected chi connectivity index (χ2v) is 7.85. The number of carboxylic acid groups (broad SMARTS) is 1. The number of furan rings is 1. The summed E-state index contributed by atoms with van der Waals surface area (Å²) in [6, 6.07) is 5.35. The van der Waals surface area contributed by atoms with Crippen molar-refractivity contribution in [1.29, 1.82) is 0 Å². The van der Waals surface area contributed by atoms with Crippen molar-refractivity contribution in [2.75, 3.05) is 13.7 Å². The van der Waals surface area contributed by atoms with Gasteiger partial charge in [0.1, 0.15) is 11.5 Å². The highest BCUT2D eigenvalue weighted by atomic mass is 79.9. The summed E-state index contributed by atoms with van der Waals surface area (Å²) in [5, 5.41) is 11.6. The van der Waals surface area contributed by atoms with Gasteiger partial charge in [-0.15, -0.1) is 0 Å². The molecular formula is C22H21BrN2O9. The molecule has 0 bridgehead atoms. The molecule has 1 aliphatic rings. The van der Waals surface area contributed by atoms with E-state index < -0.39 is 30.0 Å². The number of methoxy groups -OCH3 is 1. The van der Waals surface area contributed by atoms with Crippen LogP contribution in [0.25, 0.3) is 6.08 Å². The van der Waals surface area contributed by atoms with Crippen molar-refractivity contribution in [1.82, 2.24) is 10.2 Å². The molecule has 1 aromatic carbocycles. The summed E-state index contributed by atoms with van der Waals surface area (Å²) in [5.74, 6) is -1.79. The minimum atomic E-state index is -1.14. The number of nitrogens with zero attached hydrogens (tertiary/aromatic N) is 1. The molecular weight excluding hydrogens is 516 g/mol. The van der Waals surface area contributed by atoms with E-state index in [4.69, 9.17) is 19.0 Å². The first-order chi connectivity index (χ1) is 16.1. The second kappa shape index (κ2) is 10.4. The Kier molecular flexibility index (Phi) is 7.61. The number of hydrogen-bond acceptors (Lipinski definition) is 8. The molecule has 1 saturated heterocycles. The topological polar surface area (TPSA) is 145 Å². The summed E-state index contributed by atoms with van der Waals surface area (Å²) < 4.78 is 21.3. The van der Waals surface area contributed by atoms with Gasteiger partial charge in [-0.1, -0.05) is 0 Å². The fraction of sp³-hybridized carbons (Fsp3) is 0.273. The SMILES string of the molecule is CCOc1cc(/C=C2\NC(=O)N(Cc3ccc(C(=O)OC)o3)C2=O)cc(Br)c1O[C@@H](C)C(=O)O. The van der Waals surface area contributed by atoms with Crippen LogP contribution >= 0.6 is 15.9 Å². The lowest BCUT2D eigenvalue weighted by Gasteiger charge is -2.17. The molecule has 3 rings (SSSR count). The molecule has 2 aromatic rings. The lowest BCUT2D eigenvalue weighted by molar-refractivity contribution is -0.144. The summed E-state index contributed by atoms with van der Waals surface area (Å²) in [6.45, 7) is 3.23. The molecule has 0 radical (unpaired) electrons. The maximum absolute atomic E-state index is 12.8. The Morgan fingerprint density at radius 3 is 2.68 bits per heavy atom. The molecule has 0 spiro atoms. The van der Waals surface area contributed by atoms with Crippen molar-refractivity contribution >= 4 is 45.9 Å². The van der Waals surface area contributed by atoms with Crippen LogP contribution in [0.5, 0.6) is 11.5 Å². The maximum Gasteiger partial charge on any atom is 0.373 e. The number of nitrogens with one attached hydrogen (secondary N) is 1. The van der Waals surface area contributed by atoms with E-state index in [1.165, 1.54) is 32.2 Å². The first kappa shape index (κ1) is 24.8. The minimum absolute atomic E-state index is 0.00617. The summed E-state index contributed by atoms with van der Waals surface area (Å²) in [4.78, 5) is 48.8. The summed E-state index contributed by atoms with van der Waals surface area (Å²) in [6.07, 6.45) is 0.324. The van der Waals surface area contributed by atoms with E-state index in [-0.39, 0.29) is 41.9 Å². The van der Waals surface area contributed by atoms with E-state index >= 15 is 0 Å². The number of carboxylic acids is 1. The van der Waals surface area contributed by atoms with Crippen molar-refractivity contribution < 1.29 is 42.9 Å². The van der Waals surface area contributed by atoms with Crippen LogP contribution in [0, 0.1) is 0 Å². The Labute approximate surface area is 202 Å². The van der Waals surface area contributed by atoms with Crippen molar-refractivity contribution in [2.45, 2.75) is 26.5 Å². The van der Waals surface area contributed by atoms with Crippen LogP contribution in [0.3, 0.4) is 0 Å². The third-order valence-corrected chi connectivity index (χ3v) is 5.20. The zero-order valence-corrected chi connectivity index (χ0v) is 20.0. The van der Waals surface area contributed by atoms with Gasteiger partial charge in [-0.25, -0.2) is 14.4 Å². The van der Waals surface area contributed by atoms with E-state index in [0.29, 0.717) is 10.0 Å². The molecule has 12 heteroatoms. The fourth-order valence-corrected chi connectivity index (χ4v) is 3.54. The molecule has 1 atom stereocenters. The zero-order valence-electron chi connectivity index (χ0n) is 18.4. The van der Waals surface area contributed by atoms with Crippen LogP contribution in [-0.4, -0.2) is 53.7 Å². The molecule has 3 amide bonds. The average molecular weight is 537 g/mol. The lowest BCUT2D eigenvalue weighted by atomic mass is 10.1. The number of rotatable bonds is 9. The van der Waals surface area contributed by atoms with E-state index in [1.807, 2.05) is 0 Å². The van der Waals surface area contributed by atoms with E-state index in [9.17, 15) is 19.2 Å². The highest BCUT2D eigenvalue weighted by Gasteiger charge is 2.34. The second-order valence-electron chi connectivity index (χ2n) is 7.00. The molecule has 1 aromatic heterocycles. The van der Waals surface area contributed by atoms with Gasteiger partial charge in [0.2, 0.25) is 5.76 Å². The largest absolute Gasteiger partial charge is 0.490 e. The molecule has 2 N–H and O–H groups in total. The quantitative estimate of drug-likeness (QED) is 0.280. The van der Waals surface area contributed by atoms with Crippen LogP contribution in [0.1, 0.15) is 35.7 Å². The molecule has 1 fully saturated rings. The Morgan fingerprint density at radius 1 is 1.29 bits per heavy atom. The predicted molar refractivity (Wildman–Crippen MR) is 120 cm³/mol. The number of benzene rings is 1. The Morgan fingerprint density at radius 2 is 2.03 bits per heavy atom. The number of ether oxygens (including phenoxy) is 3. The highest BCUT2D eigenvalue weighted by molar-refractivity contribution is 9.10. The Hall–Kier alpha value is -3.80. The van der Waals surface area contributed by atoms with Crippen LogP contribution in [0.4, 0.5) is 4.79 Å². The number of esters is 1. The molecule has 0 unspecified atom stereocenters. The van der Waals surface area contributed by atoms with Gasteiger partial charge in [-0.2, -0.15) is 0 Å². The van der Waals surface area contributed by atoms with Gasteiger partial charge >= 0.3 is 18.0 Å². The smallest absolute Gasteiger partial charge is 0.373 e. The molecule has 1 aliphatic heterocycles. The lowest BCUT2D eigenvalue weighted by Crippen LogP contribution is -2.30. The van der Waals surface area contributed by atoms with Crippen LogP contribution in [-0.2, 0) is 20.9 Å². The Bertz CT molecular complexity index is 1170. The predicted octanol–water partition coefficient (Wildman–Crippen LogP) is 3.17. The van der Waals surface area contributed by atoms with Crippen molar-refractivity contribution in [3.63, 3.8) is 0 Å². The molecule has 34 heavy (non-hydrogen) atoms. The van der Waals surface area contributed by atoms with Gasteiger partial charge in [-0.3, -0.25) is 9.69 Å². The van der Waals surface area contributed by atoms with E-state index in [0.717, 1.165) is 4.90 Å². The maximum atomic E-state index is 12.8. The van der Waals surface area contributed by atoms with Gasteiger partial charge in [0, 0.05) is 0 Å². The third-order valence-electron chi connectivity index (χ3n) is 4.61. The number of amides is 3. The third kappa shape index (κ3) is 5.39. The Balaban J connectivity index is 1.84. The van der Waals surface area contributed by atoms with Gasteiger partial charge in [0.15, 0.2) is 17.6 Å². The number of urea groups is 1. The number of aliphatic carboxylic acids is 1. The number of halogens is 1. The van der Waals surface area contributed by atoms with Crippen LogP contribution in [0.2, 0.25) is 0 Å². The summed E-state index contributed by atoms with van der Waals surface area (Å²) in [5.41, 5.74) is 0.494. The summed E-state index contributed by atoms with van der Waals surface area (Å²) in [7, 11) is 1.21. The first-order valence-electron chi connectivity index (χ1n) is 10.0. The number of hydrogen-bond donors (Lipinski definition) is 2. The van der Waals surface area contributed by atoms with Gasteiger partial charge < -0.3 is 29.1 Å². The standard InChI is InChI=1S/C22H21BrN2O9/c1-4-32-17-9-12(7-14(23)18(17)33-11(2)20(27)28)8-15-19(26)25(22(30)24-15)10-13-5-6-16(34-13)21(29)31-3/h5-9,11H,4,10H2,1-3H3,(H,24,30)(H,27,28)/b15-8-/t11-/m0/s1. The minimum Gasteiger partial charge on any atom is -0.490 e. The first-order valence-corrected chi connectivity index (χ1v) is 10.8. The number of carbonyl (C=O) groups excluding carboxylic acids is 3. The van der Waals surface area contributed by atoms with Crippen molar-refractivity contribution in [3.8, 4) is 11.5 Å². The molecule has 180 valence electrons. The zero-order chi connectivity index (χ0) is 25.0. The molecule has 0 aliphatic carbocycles. The van der Waals surface area contributed by atoms with Gasteiger partial charge in [-0.05, 0) is 65.7 Å². The number of imide groups is 1. The van der Waals surface area contributed by atoms with Gasteiger partial charge in [0.05, 0.1) is 24.7 Å². The highest BCUT2D eigenvalue weighted by Crippen LogP contribution is 2.38. The fourth-order valence-electron chi connectivity index (χ4n) is 2.99. The van der Waals surface area contributed by atoms with Crippen LogP contribution in [0.15, 0.2) is 38.9 Å².